The lowest BCUT2D eigenvalue weighted by atomic mass is 10.1. The Labute approximate surface area is 167 Å². The number of H-pyrrole nitrogens is 1. The molecule has 0 aliphatic carbocycles. The van der Waals surface area contributed by atoms with Gasteiger partial charge < -0.3 is 15.0 Å². The molecule has 29 heavy (non-hydrogen) atoms. The zero-order valence-corrected chi connectivity index (χ0v) is 16.4. The van der Waals surface area contributed by atoms with Gasteiger partial charge in [-0.05, 0) is 49.4 Å². The van der Waals surface area contributed by atoms with Gasteiger partial charge in [-0.3, -0.25) is 4.79 Å². The Bertz CT molecular complexity index is 1310. The molecule has 0 aliphatic rings. The van der Waals surface area contributed by atoms with E-state index in [0.717, 1.165) is 21.8 Å². The van der Waals surface area contributed by atoms with Gasteiger partial charge in [0.2, 0.25) is 10.0 Å². The summed E-state index contributed by atoms with van der Waals surface area (Å²) in [5, 5.41) is 9.97. The SMILES string of the molecule is C[C@H](Oc1ccc2c(c1)[nH]c1ccccc12)C(=O)Nc1ccc(S(N)(=O)=O)cc1. The molecule has 4 rings (SSSR count). The van der Waals surface area contributed by atoms with Gasteiger partial charge in [-0.1, -0.05) is 18.2 Å². The van der Waals surface area contributed by atoms with Crippen LogP contribution in [0.15, 0.2) is 71.6 Å². The van der Waals surface area contributed by atoms with Crippen LogP contribution in [0.4, 0.5) is 5.69 Å². The Kier molecular flexibility index (Phi) is 4.73. The smallest absolute Gasteiger partial charge is 0.265 e. The minimum absolute atomic E-state index is 0.0218. The molecule has 1 heterocycles. The molecule has 0 spiro atoms. The number of sulfonamides is 1. The highest BCUT2D eigenvalue weighted by Crippen LogP contribution is 2.28. The third-order valence-corrected chi connectivity index (χ3v) is 5.54. The van der Waals surface area contributed by atoms with Gasteiger partial charge in [0.25, 0.3) is 5.91 Å². The van der Waals surface area contributed by atoms with E-state index in [-0.39, 0.29) is 10.8 Å². The van der Waals surface area contributed by atoms with Crippen LogP contribution in [-0.4, -0.2) is 25.4 Å². The van der Waals surface area contributed by atoms with Crippen LogP contribution in [0.5, 0.6) is 5.75 Å². The average molecular weight is 409 g/mol. The summed E-state index contributed by atoms with van der Waals surface area (Å²) in [5.41, 5.74) is 2.41. The van der Waals surface area contributed by atoms with E-state index in [1.807, 2.05) is 42.5 Å². The first-order chi connectivity index (χ1) is 13.8. The number of rotatable bonds is 5. The van der Waals surface area contributed by atoms with Crippen LogP contribution in [0, 0.1) is 0 Å². The Balaban J connectivity index is 1.47. The standard InChI is InChI=1S/C21H19N3O4S/c1-13(21(25)23-14-6-9-16(10-7-14)29(22,26)27)28-15-8-11-18-17-4-2-3-5-19(17)24-20(18)12-15/h2-13,24H,1H3,(H,23,25)(H2,22,26,27)/t13-/m0/s1. The van der Waals surface area contributed by atoms with Crippen molar-refractivity contribution in [2.24, 2.45) is 5.14 Å². The molecule has 4 aromatic rings. The molecule has 148 valence electrons. The number of nitrogens with two attached hydrogens (primary N) is 1. The number of benzene rings is 3. The zero-order chi connectivity index (χ0) is 20.6. The minimum Gasteiger partial charge on any atom is -0.481 e. The van der Waals surface area contributed by atoms with Crippen molar-refractivity contribution in [1.29, 1.82) is 0 Å². The Morgan fingerprint density at radius 1 is 1.00 bits per heavy atom. The number of para-hydroxylation sites is 1. The molecule has 0 bridgehead atoms. The van der Waals surface area contributed by atoms with Crippen molar-refractivity contribution in [3.05, 3.63) is 66.7 Å². The third-order valence-electron chi connectivity index (χ3n) is 4.61. The van der Waals surface area contributed by atoms with Crippen molar-refractivity contribution < 1.29 is 17.9 Å². The van der Waals surface area contributed by atoms with Crippen LogP contribution in [0.2, 0.25) is 0 Å². The molecular formula is C21H19N3O4S. The molecular weight excluding hydrogens is 390 g/mol. The van der Waals surface area contributed by atoms with Crippen LogP contribution < -0.4 is 15.2 Å². The number of nitrogens with one attached hydrogen (secondary N) is 2. The second-order valence-electron chi connectivity index (χ2n) is 6.70. The molecule has 1 atom stereocenters. The number of ether oxygens (including phenoxy) is 1. The fourth-order valence-electron chi connectivity index (χ4n) is 3.14. The topological polar surface area (TPSA) is 114 Å². The van der Waals surface area contributed by atoms with Crippen LogP contribution in [0.3, 0.4) is 0 Å². The average Bonchev–Trinajstić information content (AvgIpc) is 3.05. The summed E-state index contributed by atoms with van der Waals surface area (Å²) in [5.74, 6) is 0.210. The molecule has 1 amide bonds. The molecule has 4 N–H and O–H groups in total. The summed E-state index contributed by atoms with van der Waals surface area (Å²) >= 11 is 0. The summed E-state index contributed by atoms with van der Waals surface area (Å²) in [6.07, 6.45) is -0.755. The van der Waals surface area contributed by atoms with E-state index in [2.05, 4.69) is 10.3 Å². The number of amides is 1. The highest BCUT2D eigenvalue weighted by Gasteiger charge is 2.16. The van der Waals surface area contributed by atoms with Crippen LogP contribution in [0.25, 0.3) is 21.8 Å². The highest BCUT2D eigenvalue weighted by molar-refractivity contribution is 7.89. The van der Waals surface area contributed by atoms with Crippen molar-refractivity contribution in [1.82, 2.24) is 4.98 Å². The number of carbonyl (C=O) groups is 1. The van der Waals surface area contributed by atoms with Crippen molar-refractivity contribution in [3.63, 3.8) is 0 Å². The molecule has 0 radical (unpaired) electrons. The Morgan fingerprint density at radius 3 is 2.41 bits per heavy atom. The lowest BCUT2D eigenvalue weighted by Crippen LogP contribution is -2.30. The fraction of sp³-hybridized carbons (Fsp3) is 0.0952. The number of aromatic amines is 1. The van der Waals surface area contributed by atoms with Crippen LogP contribution in [-0.2, 0) is 14.8 Å². The molecule has 7 nitrogen and oxygen atoms in total. The van der Waals surface area contributed by atoms with Gasteiger partial charge in [0.05, 0.1) is 10.4 Å². The molecule has 0 saturated heterocycles. The maximum atomic E-state index is 12.4. The van der Waals surface area contributed by atoms with Gasteiger partial charge in [-0.15, -0.1) is 0 Å². The number of fused-ring (bicyclic) bond motifs is 3. The van der Waals surface area contributed by atoms with Gasteiger partial charge in [-0.25, -0.2) is 13.6 Å². The Morgan fingerprint density at radius 2 is 1.69 bits per heavy atom. The summed E-state index contributed by atoms with van der Waals surface area (Å²) < 4.78 is 28.4. The maximum Gasteiger partial charge on any atom is 0.265 e. The first kappa shape index (κ1) is 19.0. The zero-order valence-electron chi connectivity index (χ0n) is 15.5. The van der Waals surface area contributed by atoms with E-state index in [0.29, 0.717) is 11.4 Å². The van der Waals surface area contributed by atoms with Crippen molar-refractivity contribution in [3.8, 4) is 5.75 Å². The number of carbonyl (C=O) groups excluding carboxylic acids is 1. The number of hydrogen-bond acceptors (Lipinski definition) is 4. The first-order valence-corrected chi connectivity index (χ1v) is 10.5. The summed E-state index contributed by atoms with van der Waals surface area (Å²) in [6.45, 7) is 1.64. The number of primary sulfonamides is 1. The predicted octanol–water partition coefficient (Wildman–Crippen LogP) is 3.37. The molecule has 0 unspecified atom stereocenters. The quantitative estimate of drug-likeness (QED) is 0.469. The van der Waals surface area contributed by atoms with Gasteiger partial charge in [0, 0.05) is 28.0 Å². The van der Waals surface area contributed by atoms with Crippen LogP contribution in [0.1, 0.15) is 6.92 Å². The maximum absolute atomic E-state index is 12.4. The van der Waals surface area contributed by atoms with E-state index in [1.54, 1.807) is 6.92 Å². The lowest BCUT2D eigenvalue weighted by Gasteiger charge is -2.15. The Hall–Kier alpha value is -3.36. The third kappa shape index (κ3) is 3.94. The van der Waals surface area contributed by atoms with Crippen molar-refractivity contribution >= 4 is 43.4 Å². The van der Waals surface area contributed by atoms with E-state index < -0.39 is 16.1 Å². The lowest BCUT2D eigenvalue weighted by molar-refractivity contribution is -0.122. The number of aromatic nitrogens is 1. The molecule has 0 saturated carbocycles. The van der Waals surface area contributed by atoms with Gasteiger partial charge in [0.15, 0.2) is 6.10 Å². The van der Waals surface area contributed by atoms with Crippen LogP contribution >= 0.6 is 0 Å². The monoisotopic (exact) mass is 409 g/mol. The van der Waals surface area contributed by atoms with E-state index in [4.69, 9.17) is 9.88 Å². The van der Waals surface area contributed by atoms with Crippen molar-refractivity contribution in [2.75, 3.05) is 5.32 Å². The largest absolute Gasteiger partial charge is 0.481 e. The summed E-state index contributed by atoms with van der Waals surface area (Å²) in [7, 11) is -3.77. The fourth-order valence-corrected chi connectivity index (χ4v) is 3.65. The summed E-state index contributed by atoms with van der Waals surface area (Å²) in [4.78, 5) is 15.7. The van der Waals surface area contributed by atoms with Gasteiger partial charge in [0.1, 0.15) is 5.75 Å². The normalized spacial score (nSPS) is 12.8. The first-order valence-electron chi connectivity index (χ1n) is 8.92. The van der Waals surface area contributed by atoms with Gasteiger partial charge >= 0.3 is 0 Å². The van der Waals surface area contributed by atoms with E-state index in [9.17, 15) is 13.2 Å². The van der Waals surface area contributed by atoms with E-state index in [1.165, 1.54) is 24.3 Å². The van der Waals surface area contributed by atoms with Gasteiger partial charge in [-0.2, -0.15) is 0 Å². The van der Waals surface area contributed by atoms with E-state index >= 15 is 0 Å². The number of hydrogen-bond donors (Lipinski definition) is 3. The second kappa shape index (κ2) is 7.23. The molecule has 0 fully saturated rings. The minimum atomic E-state index is -3.77. The molecule has 3 aromatic carbocycles. The molecule has 1 aromatic heterocycles. The second-order valence-corrected chi connectivity index (χ2v) is 8.26. The molecule has 8 heteroatoms. The molecule has 0 aliphatic heterocycles. The highest BCUT2D eigenvalue weighted by atomic mass is 32.2. The summed E-state index contributed by atoms with van der Waals surface area (Å²) in [6, 6.07) is 19.3. The van der Waals surface area contributed by atoms with Crippen molar-refractivity contribution in [2.45, 2.75) is 17.9 Å². The number of anilines is 1. The predicted molar refractivity (Wildman–Crippen MR) is 112 cm³/mol.